The van der Waals surface area contributed by atoms with Gasteiger partial charge in [-0.2, -0.15) is 0 Å². The normalized spacial score (nSPS) is 10.8. The summed E-state index contributed by atoms with van der Waals surface area (Å²) in [5.41, 5.74) is 1.43. The Morgan fingerprint density at radius 2 is 2.06 bits per heavy atom. The van der Waals surface area contributed by atoms with E-state index in [2.05, 4.69) is 5.32 Å². The Kier molecular flexibility index (Phi) is 5.02. The van der Waals surface area contributed by atoms with Gasteiger partial charge in [0.05, 0.1) is 24.2 Å². The summed E-state index contributed by atoms with van der Waals surface area (Å²) in [7, 11) is 0. The molecule has 0 aromatic heterocycles. The predicted molar refractivity (Wildman–Crippen MR) is 62.6 cm³/mol. The molecule has 6 nitrogen and oxygen atoms in total. The van der Waals surface area contributed by atoms with Gasteiger partial charge in [0.25, 0.3) is 5.69 Å². The summed E-state index contributed by atoms with van der Waals surface area (Å²) < 4.78 is 0. The first kappa shape index (κ1) is 13.6. The molecule has 0 saturated heterocycles. The molecule has 17 heavy (non-hydrogen) atoms. The molecule has 94 valence electrons. The van der Waals surface area contributed by atoms with Crippen molar-refractivity contribution in [1.82, 2.24) is 5.32 Å². The molecular weight excluding hydrogens is 224 g/mol. The minimum absolute atomic E-state index is 0.0776. The average molecular weight is 240 g/mol. The number of rotatable bonds is 6. The number of nitrogens with zero attached hydrogens (tertiary/aromatic N) is 1. The zero-order valence-electron chi connectivity index (χ0n) is 9.59. The Bertz CT molecular complexity index is 391. The zero-order chi connectivity index (χ0) is 12.8. The second-order valence-corrected chi connectivity index (χ2v) is 3.82. The number of nitro benzene ring substituents is 1. The van der Waals surface area contributed by atoms with Crippen LogP contribution in [0.4, 0.5) is 5.69 Å². The number of benzene rings is 1. The van der Waals surface area contributed by atoms with Crippen LogP contribution in [0.25, 0.3) is 0 Å². The highest BCUT2D eigenvalue weighted by molar-refractivity contribution is 5.42. The summed E-state index contributed by atoms with van der Waals surface area (Å²) >= 11 is 0. The summed E-state index contributed by atoms with van der Waals surface area (Å²) in [6, 6.07) is 4.55. The number of aliphatic hydroxyl groups is 2. The standard InChI is InChI=1S/C11H16N2O4/c1-8-2-3-9(4-11(8)13(16)17)5-12-10(6-14)7-15/h2-4,10,12,14-15H,5-7H2,1H3. The lowest BCUT2D eigenvalue weighted by atomic mass is 10.1. The predicted octanol–water partition coefficient (Wildman–Crippen LogP) is 0.346. The molecule has 6 heteroatoms. The number of nitrogens with one attached hydrogen (secondary N) is 1. The fourth-order valence-electron chi connectivity index (χ4n) is 1.41. The molecule has 0 aliphatic carbocycles. The average Bonchev–Trinajstić information content (AvgIpc) is 2.32. The van der Waals surface area contributed by atoms with Crippen LogP contribution in [0.5, 0.6) is 0 Å². The van der Waals surface area contributed by atoms with Crippen molar-refractivity contribution in [1.29, 1.82) is 0 Å². The van der Waals surface area contributed by atoms with Crippen LogP contribution in [-0.2, 0) is 6.54 Å². The van der Waals surface area contributed by atoms with Crippen LogP contribution in [0.2, 0.25) is 0 Å². The van der Waals surface area contributed by atoms with Crippen molar-refractivity contribution in [2.75, 3.05) is 13.2 Å². The van der Waals surface area contributed by atoms with Crippen LogP contribution in [0.15, 0.2) is 18.2 Å². The molecule has 0 radical (unpaired) electrons. The van der Waals surface area contributed by atoms with E-state index in [1.165, 1.54) is 6.07 Å². The fourth-order valence-corrected chi connectivity index (χ4v) is 1.41. The third-order valence-corrected chi connectivity index (χ3v) is 2.51. The maximum Gasteiger partial charge on any atom is 0.272 e. The summed E-state index contributed by atoms with van der Waals surface area (Å²) in [4.78, 5) is 10.3. The fraction of sp³-hybridized carbons (Fsp3) is 0.455. The molecule has 0 heterocycles. The molecule has 0 saturated carbocycles. The van der Waals surface area contributed by atoms with Crippen molar-refractivity contribution < 1.29 is 15.1 Å². The molecule has 3 N–H and O–H groups in total. The highest BCUT2D eigenvalue weighted by atomic mass is 16.6. The van der Waals surface area contributed by atoms with E-state index in [1.54, 1.807) is 19.1 Å². The molecule has 0 aliphatic heterocycles. The van der Waals surface area contributed by atoms with Crippen molar-refractivity contribution in [2.24, 2.45) is 0 Å². The van der Waals surface area contributed by atoms with E-state index in [-0.39, 0.29) is 18.9 Å². The second kappa shape index (κ2) is 6.29. The molecule has 0 aliphatic rings. The smallest absolute Gasteiger partial charge is 0.272 e. The summed E-state index contributed by atoms with van der Waals surface area (Å²) in [6.07, 6.45) is 0. The molecule has 0 amide bonds. The first-order valence-electron chi connectivity index (χ1n) is 5.27. The van der Waals surface area contributed by atoms with E-state index in [0.29, 0.717) is 12.1 Å². The molecule has 0 spiro atoms. The Balaban J connectivity index is 2.72. The molecular formula is C11H16N2O4. The topological polar surface area (TPSA) is 95.6 Å². The number of nitro groups is 1. The summed E-state index contributed by atoms with van der Waals surface area (Å²) in [5.74, 6) is 0. The number of aliphatic hydroxyl groups excluding tert-OH is 2. The van der Waals surface area contributed by atoms with Gasteiger partial charge in [0, 0.05) is 18.2 Å². The van der Waals surface area contributed by atoms with E-state index in [4.69, 9.17) is 10.2 Å². The van der Waals surface area contributed by atoms with Crippen molar-refractivity contribution in [3.63, 3.8) is 0 Å². The van der Waals surface area contributed by atoms with E-state index in [9.17, 15) is 10.1 Å². The van der Waals surface area contributed by atoms with E-state index in [1.807, 2.05) is 0 Å². The summed E-state index contributed by atoms with van der Waals surface area (Å²) in [5, 5.41) is 31.3. The molecule has 1 rings (SSSR count). The molecule has 0 bridgehead atoms. The van der Waals surface area contributed by atoms with Gasteiger partial charge in [-0.15, -0.1) is 0 Å². The van der Waals surface area contributed by atoms with Crippen LogP contribution < -0.4 is 5.32 Å². The maximum atomic E-state index is 10.7. The van der Waals surface area contributed by atoms with Gasteiger partial charge in [0.1, 0.15) is 0 Å². The minimum Gasteiger partial charge on any atom is -0.395 e. The van der Waals surface area contributed by atoms with Gasteiger partial charge < -0.3 is 15.5 Å². The van der Waals surface area contributed by atoms with Crippen LogP contribution in [-0.4, -0.2) is 34.4 Å². The monoisotopic (exact) mass is 240 g/mol. The summed E-state index contributed by atoms with van der Waals surface area (Å²) in [6.45, 7) is 1.70. The third-order valence-electron chi connectivity index (χ3n) is 2.51. The van der Waals surface area contributed by atoms with Crippen molar-refractivity contribution in [3.8, 4) is 0 Å². The van der Waals surface area contributed by atoms with Gasteiger partial charge in [-0.05, 0) is 12.5 Å². The first-order chi connectivity index (χ1) is 8.08. The molecule has 0 atom stereocenters. The lowest BCUT2D eigenvalue weighted by Crippen LogP contribution is -2.35. The highest BCUT2D eigenvalue weighted by Crippen LogP contribution is 2.19. The van der Waals surface area contributed by atoms with Gasteiger partial charge in [-0.3, -0.25) is 10.1 Å². The number of hydrogen-bond acceptors (Lipinski definition) is 5. The van der Waals surface area contributed by atoms with Gasteiger partial charge >= 0.3 is 0 Å². The zero-order valence-corrected chi connectivity index (χ0v) is 9.59. The lowest BCUT2D eigenvalue weighted by Gasteiger charge is -2.13. The van der Waals surface area contributed by atoms with Gasteiger partial charge in [0.15, 0.2) is 0 Å². The Hall–Kier alpha value is -1.50. The number of hydrogen-bond donors (Lipinski definition) is 3. The van der Waals surface area contributed by atoms with Crippen LogP contribution in [0.1, 0.15) is 11.1 Å². The van der Waals surface area contributed by atoms with Gasteiger partial charge in [-0.1, -0.05) is 12.1 Å². The maximum absolute atomic E-state index is 10.7. The van der Waals surface area contributed by atoms with E-state index >= 15 is 0 Å². The van der Waals surface area contributed by atoms with Gasteiger partial charge in [0.2, 0.25) is 0 Å². The van der Waals surface area contributed by atoms with Crippen molar-refractivity contribution >= 4 is 5.69 Å². The van der Waals surface area contributed by atoms with Crippen LogP contribution in [0, 0.1) is 17.0 Å². The Labute approximate surface area is 99.0 Å². The van der Waals surface area contributed by atoms with Crippen LogP contribution >= 0.6 is 0 Å². The Morgan fingerprint density at radius 3 is 2.59 bits per heavy atom. The highest BCUT2D eigenvalue weighted by Gasteiger charge is 2.11. The molecule has 0 fully saturated rings. The van der Waals surface area contributed by atoms with E-state index < -0.39 is 11.0 Å². The van der Waals surface area contributed by atoms with Crippen LogP contribution in [0.3, 0.4) is 0 Å². The minimum atomic E-state index is -0.422. The third kappa shape index (κ3) is 3.77. The second-order valence-electron chi connectivity index (χ2n) is 3.82. The Morgan fingerprint density at radius 1 is 1.41 bits per heavy atom. The lowest BCUT2D eigenvalue weighted by molar-refractivity contribution is -0.385. The van der Waals surface area contributed by atoms with E-state index in [0.717, 1.165) is 5.56 Å². The van der Waals surface area contributed by atoms with Gasteiger partial charge in [-0.25, -0.2) is 0 Å². The molecule has 0 unspecified atom stereocenters. The van der Waals surface area contributed by atoms with Crippen molar-refractivity contribution in [3.05, 3.63) is 39.4 Å². The molecule has 1 aromatic rings. The quantitative estimate of drug-likeness (QED) is 0.492. The largest absolute Gasteiger partial charge is 0.395 e. The molecule has 1 aromatic carbocycles. The SMILES string of the molecule is Cc1ccc(CNC(CO)CO)cc1[N+](=O)[O-]. The first-order valence-corrected chi connectivity index (χ1v) is 5.27. The van der Waals surface area contributed by atoms with Crippen molar-refractivity contribution in [2.45, 2.75) is 19.5 Å². The number of aryl methyl sites for hydroxylation is 1.